The Balaban J connectivity index is 0.000000154. The van der Waals surface area contributed by atoms with Crippen LogP contribution in [0.2, 0.25) is 58.4 Å². The van der Waals surface area contributed by atoms with Crippen molar-refractivity contribution in [3.05, 3.63) is 249 Å². The fourth-order valence-corrected chi connectivity index (χ4v) is 26.2. The third kappa shape index (κ3) is 19.6. The van der Waals surface area contributed by atoms with Crippen LogP contribution in [-0.4, -0.2) is 75.2 Å². The smallest absolute Gasteiger partial charge is 0.190 e. The van der Waals surface area contributed by atoms with Crippen molar-refractivity contribution in [1.82, 2.24) is 0 Å². The van der Waals surface area contributed by atoms with Crippen LogP contribution in [-0.2, 0) is 26.7 Å². The van der Waals surface area contributed by atoms with Gasteiger partial charge >= 0.3 is 0 Å². The molecule has 5 aromatic rings. The van der Waals surface area contributed by atoms with E-state index in [-0.39, 0.29) is 25.6 Å². The third-order valence-electron chi connectivity index (χ3n) is 17.5. The fraction of sp³-hybridized carbons (Fsp3) is 0.388. The molecular formula is C80H104Cl2O3Si5-. The fourth-order valence-electron chi connectivity index (χ4n) is 12.9. The molecule has 0 saturated heterocycles. The monoisotopic (exact) mass is 1320 g/mol. The summed E-state index contributed by atoms with van der Waals surface area (Å²) in [7, 11) is -7.14. The molecule has 7 aliphatic carbocycles. The Morgan fingerprint density at radius 3 is 1.41 bits per heavy atom. The third-order valence-corrected chi connectivity index (χ3v) is 32.0. The summed E-state index contributed by atoms with van der Waals surface area (Å²) in [6.07, 6.45) is 25.2. The summed E-state index contributed by atoms with van der Waals surface area (Å²) >= 11 is 13.7. The second-order valence-corrected chi connectivity index (χ2v) is 55.7. The van der Waals surface area contributed by atoms with Crippen molar-refractivity contribution >= 4 is 92.2 Å². The molecule has 7 unspecified atom stereocenters. The summed E-state index contributed by atoms with van der Waals surface area (Å²) in [5.74, 6) is 0. The minimum absolute atomic E-state index is 0.120. The highest BCUT2D eigenvalue weighted by Crippen LogP contribution is 2.52. The number of ether oxygens (including phenoxy) is 3. The van der Waals surface area contributed by atoms with Crippen molar-refractivity contribution in [1.29, 1.82) is 0 Å². The lowest BCUT2D eigenvalue weighted by molar-refractivity contribution is 0.0209. The van der Waals surface area contributed by atoms with Gasteiger partial charge in [0.15, 0.2) is 14.8 Å². The largest absolute Gasteiger partial charge is 0.379 e. The van der Waals surface area contributed by atoms with E-state index in [4.69, 9.17) is 36.4 Å². The van der Waals surface area contributed by atoms with Gasteiger partial charge in [-0.3, -0.25) is 0 Å². The van der Waals surface area contributed by atoms with Crippen LogP contribution in [0, 0.1) is 0 Å². The second-order valence-electron chi connectivity index (χ2n) is 30.7. The zero-order valence-corrected chi connectivity index (χ0v) is 64.0. The molecule has 0 bridgehead atoms. The van der Waals surface area contributed by atoms with Gasteiger partial charge in [0.25, 0.3) is 0 Å². The number of hydrogen-bond acceptors (Lipinski definition) is 3. The highest BCUT2D eigenvalue weighted by molar-refractivity contribution is 7.21. The average Bonchev–Trinajstić information content (AvgIpc) is 1.62. The first-order valence-corrected chi connectivity index (χ1v) is 49.7. The zero-order valence-electron chi connectivity index (χ0n) is 57.4. The van der Waals surface area contributed by atoms with Crippen LogP contribution in [0.5, 0.6) is 0 Å². The first kappa shape index (κ1) is 71.0. The molecule has 5 aromatic carbocycles. The van der Waals surface area contributed by atoms with Crippen LogP contribution in [0.15, 0.2) is 188 Å². The minimum atomic E-state index is -2.00. The van der Waals surface area contributed by atoms with Crippen LogP contribution in [0.1, 0.15) is 152 Å². The van der Waals surface area contributed by atoms with Crippen LogP contribution < -0.4 is 0 Å². The van der Waals surface area contributed by atoms with Crippen molar-refractivity contribution < 1.29 is 14.2 Å². The lowest BCUT2D eigenvalue weighted by atomic mass is 10.1. The summed E-state index contributed by atoms with van der Waals surface area (Å²) in [5.41, 5.74) is 21.4. The van der Waals surface area contributed by atoms with E-state index in [1.54, 1.807) is 11.1 Å². The molecule has 0 saturated carbocycles. The topological polar surface area (TPSA) is 27.7 Å². The molecule has 3 nitrogen and oxygen atoms in total. The SMILES string of the molecule is C1=Cc2ccccc2C1.CC(C)(C)OC[Si](C)(Cl)C1C=Cc2ccccc21.CC(C)(C)OC[Si](C)(Cl)C1C=Cc2ccccc21.C[Si](C)(C)Cc1cc2cc[cH-]cc-2c1.C[Si](C)CCC1=Cc2ccccc2C1[Si](C)(COC(C)(C)C)C1C=Cc2ccccc21. The molecule has 7 atom stereocenters. The molecule has 477 valence electrons. The molecule has 0 aliphatic heterocycles. The van der Waals surface area contributed by atoms with Crippen molar-refractivity contribution in [3.8, 4) is 11.1 Å². The standard InChI is InChI=1S/C28H37OSi2.2C15H21ClOSi.C13H17Si.C9H8/c1-28(2,3)29-20-31(6,26-16-15-21-11-7-9-13-24(21)26)27-23(17-18-30(4)5)19-22-12-8-10-14-25(22)27;2*1-15(2,3)17-11-18(4,16)14-10-9-12-7-5-6-8-13(12)14;1-14(2,3)10-11-8-12-6-4-5-7-13(12)9-11;1-2-5-9-7-3-6-8(9)4-1/h7-16,19,26-27H,17-18,20H2,1-6H3;2*5-10,14H,11H2,1-4H3;4-9H,10H2,1-3H3;1-6H,7H2/q;;;-1;. The van der Waals surface area contributed by atoms with Gasteiger partial charge in [0.05, 0.1) is 29.3 Å². The first-order chi connectivity index (χ1) is 42.3. The van der Waals surface area contributed by atoms with Gasteiger partial charge in [-0.2, -0.15) is 46.4 Å². The van der Waals surface area contributed by atoms with Crippen LogP contribution in [0.4, 0.5) is 0 Å². The van der Waals surface area contributed by atoms with Crippen LogP contribution in [0.3, 0.4) is 0 Å². The maximum Gasteiger partial charge on any atom is 0.190 e. The molecule has 90 heavy (non-hydrogen) atoms. The van der Waals surface area contributed by atoms with Crippen molar-refractivity contribution in [2.45, 2.75) is 179 Å². The van der Waals surface area contributed by atoms with E-state index < -0.39 is 30.9 Å². The number of halogens is 2. The number of allylic oxidation sites excluding steroid dienone is 5. The summed E-state index contributed by atoms with van der Waals surface area (Å²) < 4.78 is 18.5. The predicted molar refractivity (Wildman–Crippen MR) is 407 cm³/mol. The lowest BCUT2D eigenvalue weighted by Gasteiger charge is -2.42. The minimum Gasteiger partial charge on any atom is -0.379 e. The Hall–Kier alpha value is -4.83. The Kier molecular flexibility index (Phi) is 23.7. The van der Waals surface area contributed by atoms with E-state index in [0.717, 1.165) is 12.7 Å². The molecular weight excluding hydrogens is 1220 g/mol. The molecule has 0 amide bonds. The molecule has 0 spiro atoms. The maximum atomic E-state index is 6.84. The highest BCUT2D eigenvalue weighted by Gasteiger charge is 2.50. The number of fused-ring (bicyclic) bond motifs is 6. The highest BCUT2D eigenvalue weighted by atomic mass is 35.6. The predicted octanol–water partition coefficient (Wildman–Crippen LogP) is 22.8. The molecule has 0 fully saturated rings. The van der Waals surface area contributed by atoms with E-state index in [1.165, 1.54) is 85.3 Å². The van der Waals surface area contributed by atoms with Crippen molar-refractivity contribution in [2.24, 2.45) is 0 Å². The zero-order chi connectivity index (χ0) is 65.3. The van der Waals surface area contributed by atoms with Gasteiger partial charge in [-0.05, 0) is 137 Å². The Bertz CT molecular complexity index is 3500. The molecule has 10 heteroatoms. The van der Waals surface area contributed by atoms with Gasteiger partial charge in [-0.1, -0.05) is 252 Å². The maximum absolute atomic E-state index is 6.84. The number of hydrogen-bond donors (Lipinski definition) is 0. The van der Waals surface area contributed by atoms with Crippen molar-refractivity contribution in [2.75, 3.05) is 18.7 Å². The summed E-state index contributed by atoms with van der Waals surface area (Å²) in [6, 6.07) is 59.6. The summed E-state index contributed by atoms with van der Waals surface area (Å²) in [5, 5.41) is 0. The van der Waals surface area contributed by atoms with E-state index in [0.29, 0.717) is 34.6 Å². The van der Waals surface area contributed by atoms with Crippen molar-refractivity contribution in [3.63, 3.8) is 0 Å². The van der Waals surface area contributed by atoms with E-state index >= 15 is 0 Å². The molecule has 0 aromatic heterocycles. The summed E-state index contributed by atoms with van der Waals surface area (Å²) in [4.78, 5) is 0. The average molecular weight is 1330 g/mol. The molecule has 12 rings (SSSR count). The second kappa shape index (κ2) is 30.1. The number of rotatable bonds is 15. The molecule has 0 heterocycles. The van der Waals surface area contributed by atoms with Gasteiger partial charge in [0.2, 0.25) is 0 Å². The van der Waals surface area contributed by atoms with Gasteiger partial charge < -0.3 is 14.2 Å². The van der Waals surface area contributed by atoms with Gasteiger partial charge in [-0.15, -0.1) is 17.2 Å². The molecule has 0 N–H and O–H groups in total. The quantitative estimate of drug-likeness (QED) is 0.0582. The van der Waals surface area contributed by atoms with Gasteiger partial charge in [-0.25, -0.2) is 0 Å². The summed E-state index contributed by atoms with van der Waals surface area (Å²) in [6.45, 7) is 38.2. The molecule has 7 aliphatic rings. The van der Waals surface area contributed by atoms with Crippen LogP contribution in [0.25, 0.3) is 41.5 Å². The Morgan fingerprint density at radius 1 is 0.500 bits per heavy atom. The molecule has 1 radical (unpaired) electrons. The van der Waals surface area contributed by atoms with E-state index in [9.17, 15) is 0 Å². The van der Waals surface area contributed by atoms with E-state index in [1.807, 2.05) is 0 Å². The number of benzene rings is 6. The Morgan fingerprint density at radius 2 is 0.933 bits per heavy atom. The van der Waals surface area contributed by atoms with Gasteiger partial charge in [0, 0.05) is 45.3 Å². The normalized spacial score (nSPS) is 19.4. The lowest BCUT2D eigenvalue weighted by Crippen LogP contribution is -2.51. The van der Waals surface area contributed by atoms with Gasteiger partial charge in [0.1, 0.15) is 8.07 Å². The Labute approximate surface area is 559 Å². The van der Waals surface area contributed by atoms with E-state index in [2.05, 4.69) is 327 Å². The van der Waals surface area contributed by atoms with Crippen LogP contribution >= 0.6 is 22.2 Å². The first-order valence-electron chi connectivity index (χ1n) is 32.9.